The Morgan fingerprint density at radius 1 is 1.15 bits per heavy atom. The molecule has 2 aromatic carbocycles. The van der Waals surface area contributed by atoms with Crippen molar-refractivity contribution in [2.75, 3.05) is 5.32 Å². The Bertz CT molecular complexity index is 1080. The highest BCUT2D eigenvalue weighted by Crippen LogP contribution is 2.30. The normalized spacial score (nSPS) is 12.2. The number of aromatic amines is 1. The second kappa shape index (κ2) is 7.28. The van der Waals surface area contributed by atoms with Crippen molar-refractivity contribution in [1.82, 2.24) is 15.2 Å². The van der Waals surface area contributed by atoms with Gasteiger partial charge in [-0.25, -0.2) is 0 Å². The van der Waals surface area contributed by atoms with Gasteiger partial charge in [0.1, 0.15) is 0 Å². The summed E-state index contributed by atoms with van der Waals surface area (Å²) in [6.07, 6.45) is 1.85. The molecule has 2 heterocycles. The topological polar surface area (TPSA) is 83.8 Å². The smallest absolute Gasteiger partial charge is 0.277 e. The second-order valence-electron chi connectivity index (χ2n) is 6.24. The minimum Gasteiger partial charge on any atom is -0.411 e. The SMILES string of the molecule is Cc1ccc(NC(=O)C(C)Sc2nnc(-c3c[nH]c4ccccc34)o2)cc1. The van der Waals surface area contributed by atoms with Crippen LogP contribution in [0.3, 0.4) is 0 Å². The number of nitrogens with zero attached hydrogens (tertiary/aromatic N) is 2. The molecule has 0 aliphatic rings. The van der Waals surface area contributed by atoms with Crippen molar-refractivity contribution in [2.45, 2.75) is 24.3 Å². The second-order valence-corrected chi connectivity index (χ2v) is 7.53. The van der Waals surface area contributed by atoms with E-state index in [9.17, 15) is 4.79 Å². The maximum Gasteiger partial charge on any atom is 0.277 e. The first-order chi connectivity index (χ1) is 13.1. The number of hydrogen-bond donors (Lipinski definition) is 2. The lowest BCUT2D eigenvalue weighted by molar-refractivity contribution is -0.115. The number of amides is 1. The molecule has 1 unspecified atom stereocenters. The molecule has 0 saturated heterocycles. The van der Waals surface area contributed by atoms with Gasteiger partial charge in [0.05, 0.1) is 10.8 Å². The summed E-state index contributed by atoms with van der Waals surface area (Å²) >= 11 is 1.24. The van der Waals surface area contributed by atoms with E-state index in [1.165, 1.54) is 11.8 Å². The summed E-state index contributed by atoms with van der Waals surface area (Å²) in [6.45, 7) is 3.81. The maximum atomic E-state index is 12.4. The van der Waals surface area contributed by atoms with E-state index in [4.69, 9.17) is 4.42 Å². The maximum absolute atomic E-state index is 12.4. The molecule has 4 aromatic rings. The number of hydrogen-bond acceptors (Lipinski definition) is 5. The van der Waals surface area contributed by atoms with E-state index in [1.807, 2.05) is 68.6 Å². The molecule has 0 bridgehead atoms. The molecule has 0 radical (unpaired) electrons. The number of aryl methyl sites for hydroxylation is 1. The number of para-hydroxylation sites is 1. The van der Waals surface area contributed by atoms with Gasteiger partial charge in [-0.2, -0.15) is 0 Å². The number of carbonyl (C=O) groups is 1. The summed E-state index contributed by atoms with van der Waals surface area (Å²) in [5, 5.41) is 12.1. The number of anilines is 1. The fraction of sp³-hybridized carbons (Fsp3) is 0.150. The molecule has 1 amide bonds. The molecule has 2 N–H and O–H groups in total. The summed E-state index contributed by atoms with van der Waals surface area (Å²) in [7, 11) is 0. The third-order valence-corrected chi connectivity index (χ3v) is 5.13. The van der Waals surface area contributed by atoms with Gasteiger partial charge in [-0.3, -0.25) is 4.79 Å². The number of fused-ring (bicyclic) bond motifs is 1. The van der Waals surface area contributed by atoms with Gasteiger partial charge in [0.15, 0.2) is 0 Å². The van der Waals surface area contributed by atoms with Gasteiger partial charge in [-0.05, 0) is 32.0 Å². The van der Waals surface area contributed by atoms with Crippen molar-refractivity contribution in [3.05, 3.63) is 60.3 Å². The van der Waals surface area contributed by atoms with Crippen LogP contribution in [0.5, 0.6) is 0 Å². The van der Waals surface area contributed by atoms with Crippen LogP contribution >= 0.6 is 11.8 Å². The quantitative estimate of drug-likeness (QED) is 0.494. The first-order valence-electron chi connectivity index (χ1n) is 8.54. The van der Waals surface area contributed by atoms with Crippen LogP contribution in [0, 0.1) is 6.92 Å². The molecule has 0 fully saturated rings. The monoisotopic (exact) mass is 378 g/mol. The largest absolute Gasteiger partial charge is 0.411 e. The van der Waals surface area contributed by atoms with Crippen molar-refractivity contribution < 1.29 is 9.21 Å². The van der Waals surface area contributed by atoms with Crippen molar-refractivity contribution in [2.24, 2.45) is 0 Å². The predicted molar refractivity (Wildman–Crippen MR) is 107 cm³/mol. The fourth-order valence-corrected chi connectivity index (χ4v) is 3.38. The molecular weight excluding hydrogens is 360 g/mol. The Kier molecular flexibility index (Phi) is 4.68. The Hall–Kier alpha value is -3.06. The van der Waals surface area contributed by atoms with Crippen molar-refractivity contribution in [3.63, 3.8) is 0 Å². The summed E-state index contributed by atoms with van der Waals surface area (Å²) < 4.78 is 5.76. The van der Waals surface area contributed by atoms with E-state index in [0.717, 1.165) is 27.7 Å². The predicted octanol–water partition coefficient (Wildman–Crippen LogP) is 4.65. The van der Waals surface area contributed by atoms with E-state index in [1.54, 1.807) is 0 Å². The molecule has 2 aromatic heterocycles. The van der Waals surface area contributed by atoms with Crippen LogP contribution in [-0.2, 0) is 4.79 Å². The third kappa shape index (κ3) is 3.73. The first kappa shape index (κ1) is 17.4. The highest BCUT2D eigenvalue weighted by Gasteiger charge is 2.20. The standard InChI is InChI=1S/C20H18N4O2S/c1-12-7-9-14(10-8-12)22-18(25)13(2)27-20-24-23-19(26-20)16-11-21-17-6-4-3-5-15(16)17/h3-11,13,21H,1-2H3,(H,22,25). The molecule has 0 spiro atoms. The summed E-state index contributed by atoms with van der Waals surface area (Å²) in [4.78, 5) is 15.6. The number of carbonyl (C=O) groups excluding carboxylic acids is 1. The summed E-state index contributed by atoms with van der Waals surface area (Å²) in [5.41, 5.74) is 3.77. The zero-order valence-electron chi connectivity index (χ0n) is 14.9. The van der Waals surface area contributed by atoms with Gasteiger partial charge < -0.3 is 14.7 Å². The molecule has 0 aliphatic carbocycles. The molecule has 1 atom stereocenters. The lowest BCUT2D eigenvalue weighted by Crippen LogP contribution is -2.22. The van der Waals surface area contributed by atoms with E-state index >= 15 is 0 Å². The van der Waals surface area contributed by atoms with Gasteiger partial charge in [0, 0.05) is 22.8 Å². The Labute approximate surface area is 160 Å². The molecule has 4 rings (SSSR count). The van der Waals surface area contributed by atoms with Gasteiger partial charge in [-0.15, -0.1) is 10.2 Å². The molecule has 6 nitrogen and oxygen atoms in total. The number of nitrogens with one attached hydrogen (secondary N) is 2. The average Bonchev–Trinajstić information content (AvgIpc) is 3.30. The van der Waals surface area contributed by atoms with Crippen LogP contribution in [0.15, 0.2) is 64.4 Å². The lowest BCUT2D eigenvalue weighted by atomic mass is 10.2. The number of benzene rings is 2. The Morgan fingerprint density at radius 2 is 1.93 bits per heavy atom. The zero-order valence-corrected chi connectivity index (χ0v) is 15.7. The molecular formula is C20H18N4O2S. The lowest BCUT2D eigenvalue weighted by Gasteiger charge is -2.09. The van der Waals surface area contributed by atoms with Gasteiger partial charge in [0.2, 0.25) is 5.91 Å². The molecule has 0 saturated carbocycles. The van der Waals surface area contributed by atoms with Crippen LogP contribution in [0.4, 0.5) is 5.69 Å². The van der Waals surface area contributed by atoms with E-state index in [-0.39, 0.29) is 11.2 Å². The van der Waals surface area contributed by atoms with E-state index < -0.39 is 0 Å². The van der Waals surface area contributed by atoms with Gasteiger partial charge in [0.25, 0.3) is 11.1 Å². The number of thioether (sulfide) groups is 1. The highest BCUT2D eigenvalue weighted by molar-refractivity contribution is 8.00. The molecule has 0 aliphatic heterocycles. The molecule has 136 valence electrons. The van der Waals surface area contributed by atoms with Crippen LogP contribution in [0.2, 0.25) is 0 Å². The van der Waals surface area contributed by atoms with Crippen LogP contribution in [-0.4, -0.2) is 26.3 Å². The first-order valence-corrected chi connectivity index (χ1v) is 9.42. The van der Waals surface area contributed by atoms with Crippen LogP contribution in [0.1, 0.15) is 12.5 Å². The van der Waals surface area contributed by atoms with Crippen LogP contribution < -0.4 is 5.32 Å². The Morgan fingerprint density at radius 3 is 2.74 bits per heavy atom. The molecule has 7 heteroatoms. The van der Waals surface area contributed by atoms with Crippen molar-refractivity contribution >= 4 is 34.3 Å². The zero-order chi connectivity index (χ0) is 18.8. The number of rotatable bonds is 5. The van der Waals surface area contributed by atoms with Crippen molar-refractivity contribution in [3.8, 4) is 11.5 Å². The highest BCUT2D eigenvalue weighted by atomic mass is 32.2. The van der Waals surface area contributed by atoms with E-state index in [0.29, 0.717) is 11.1 Å². The summed E-state index contributed by atoms with van der Waals surface area (Å²) in [6, 6.07) is 15.6. The van der Waals surface area contributed by atoms with Crippen LogP contribution in [0.25, 0.3) is 22.4 Å². The number of aromatic nitrogens is 3. The Balaban J connectivity index is 1.45. The fourth-order valence-electron chi connectivity index (χ4n) is 2.70. The minimum absolute atomic E-state index is 0.115. The van der Waals surface area contributed by atoms with Crippen molar-refractivity contribution in [1.29, 1.82) is 0 Å². The minimum atomic E-state index is -0.373. The van der Waals surface area contributed by atoms with Gasteiger partial charge >= 0.3 is 0 Å². The third-order valence-electron chi connectivity index (χ3n) is 4.19. The van der Waals surface area contributed by atoms with E-state index in [2.05, 4.69) is 20.5 Å². The summed E-state index contributed by atoms with van der Waals surface area (Å²) in [5.74, 6) is 0.316. The molecule has 27 heavy (non-hydrogen) atoms. The van der Waals surface area contributed by atoms with Gasteiger partial charge in [-0.1, -0.05) is 47.7 Å². The number of H-pyrrole nitrogens is 1. The average molecular weight is 378 g/mol.